The Kier molecular flexibility index (Phi) is 5.45. The van der Waals surface area contributed by atoms with E-state index in [4.69, 9.17) is 0 Å². The molecular weight excluding hydrogens is 414 g/mol. The number of urea groups is 1. The number of nitrogens with one attached hydrogen (secondary N) is 2. The average Bonchev–Trinajstić information content (AvgIpc) is 3.20. The molecular formula is C22H23N5O3S. The van der Waals surface area contributed by atoms with Gasteiger partial charge in [0, 0.05) is 29.3 Å². The monoisotopic (exact) mass is 437 g/mol. The molecule has 4 rings (SSSR count). The van der Waals surface area contributed by atoms with E-state index in [-0.39, 0.29) is 0 Å². The van der Waals surface area contributed by atoms with Gasteiger partial charge in [-0.1, -0.05) is 0 Å². The van der Waals surface area contributed by atoms with Crippen molar-refractivity contribution in [3.63, 3.8) is 0 Å². The van der Waals surface area contributed by atoms with Gasteiger partial charge in [-0.15, -0.1) is 0 Å². The Balaban J connectivity index is 1.69. The predicted octanol–water partition coefficient (Wildman–Crippen LogP) is 3.46. The third-order valence-corrected chi connectivity index (χ3v) is 6.40. The van der Waals surface area contributed by atoms with Crippen molar-refractivity contribution in [3.05, 3.63) is 64.7 Å². The first-order valence-corrected chi connectivity index (χ1v) is 11.4. The SMILES string of the molecule is Cc1cc(C)nc(S(=O)(=O)NC(=O)Nc2c(-c3ccncc3)cc(C)c3c2CCC3)n1. The summed E-state index contributed by atoms with van der Waals surface area (Å²) in [6.45, 7) is 5.40. The van der Waals surface area contributed by atoms with Gasteiger partial charge < -0.3 is 5.32 Å². The fourth-order valence-electron chi connectivity index (χ4n) is 4.02. The van der Waals surface area contributed by atoms with E-state index in [1.165, 1.54) is 5.56 Å². The minimum absolute atomic E-state index is 0.427. The number of hydrogen-bond acceptors (Lipinski definition) is 6. The van der Waals surface area contributed by atoms with Crippen molar-refractivity contribution in [2.75, 3.05) is 5.32 Å². The van der Waals surface area contributed by atoms with Gasteiger partial charge in [0.15, 0.2) is 0 Å². The van der Waals surface area contributed by atoms with E-state index in [9.17, 15) is 13.2 Å². The lowest BCUT2D eigenvalue weighted by molar-refractivity contribution is 0.256. The number of fused-ring (bicyclic) bond motifs is 1. The Bertz CT molecular complexity index is 1250. The first-order chi connectivity index (χ1) is 14.7. The van der Waals surface area contributed by atoms with Crippen LogP contribution in [0.1, 0.15) is 34.5 Å². The fraction of sp³-hybridized carbons (Fsp3) is 0.273. The minimum Gasteiger partial charge on any atom is -0.306 e. The number of aromatic nitrogens is 3. The van der Waals surface area contributed by atoms with E-state index in [2.05, 4.69) is 27.2 Å². The van der Waals surface area contributed by atoms with Crippen LogP contribution in [0.3, 0.4) is 0 Å². The number of amides is 2. The molecule has 1 aliphatic carbocycles. The van der Waals surface area contributed by atoms with Gasteiger partial charge in [-0.3, -0.25) is 4.98 Å². The lowest BCUT2D eigenvalue weighted by Crippen LogP contribution is -2.36. The maximum atomic E-state index is 12.8. The standard InChI is InChI=1S/C22H23N5O3S/c1-13-11-19(16-7-9-23-10-8-16)20(18-6-4-5-17(13)18)26-21(28)27-31(29,30)22-24-14(2)12-15(3)25-22/h7-12H,4-6H2,1-3H3,(H2,26,27,28). The lowest BCUT2D eigenvalue weighted by atomic mass is 9.94. The van der Waals surface area contributed by atoms with Crippen LogP contribution in [0.25, 0.3) is 11.1 Å². The van der Waals surface area contributed by atoms with E-state index >= 15 is 0 Å². The molecule has 160 valence electrons. The third kappa shape index (κ3) is 4.27. The van der Waals surface area contributed by atoms with Crippen LogP contribution in [0.15, 0.2) is 41.8 Å². The highest BCUT2D eigenvalue weighted by Gasteiger charge is 2.26. The lowest BCUT2D eigenvalue weighted by Gasteiger charge is -2.18. The third-order valence-electron chi connectivity index (χ3n) is 5.28. The van der Waals surface area contributed by atoms with Gasteiger partial charge in [0.2, 0.25) is 0 Å². The highest BCUT2D eigenvalue weighted by atomic mass is 32.2. The molecule has 0 saturated heterocycles. The molecule has 0 radical (unpaired) electrons. The molecule has 31 heavy (non-hydrogen) atoms. The topological polar surface area (TPSA) is 114 Å². The van der Waals surface area contributed by atoms with Crippen LogP contribution in [0.4, 0.5) is 10.5 Å². The normalized spacial score (nSPS) is 13.0. The summed E-state index contributed by atoms with van der Waals surface area (Å²) < 4.78 is 27.4. The van der Waals surface area contributed by atoms with Crippen LogP contribution < -0.4 is 10.0 Å². The van der Waals surface area contributed by atoms with Crippen molar-refractivity contribution in [2.45, 2.75) is 45.2 Å². The molecule has 0 aliphatic heterocycles. The zero-order valence-corrected chi connectivity index (χ0v) is 18.4. The highest BCUT2D eigenvalue weighted by molar-refractivity contribution is 7.89. The molecule has 0 bridgehead atoms. The van der Waals surface area contributed by atoms with Crippen molar-refractivity contribution in [1.82, 2.24) is 19.7 Å². The van der Waals surface area contributed by atoms with E-state index in [0.29, 0.717) is 17.1 Å². The van der Waals surface area contributed by atoms with Crippen LogP contribution in [-0.2, 0) is 22.9 Å². The summed E-state index contributed by atoms with van der Waals surface area (Å²) in [5.74, 6) is 0. The molecule has 1 aromatic carbocycles. The summed E-state index contributed by atoms with van der Waals surface area (Å²) in [7, 11) is -4.22. The molecule has 1 aliphatic rings. The van der Waals surface area contributed by atoms with Gasteiger partial charge in [-0.2, -0.15) is 8.42 Å². The fourth-order valence-corrected chi connectivity index (χ4v) is 4.93. The summed E-state index contributed by atoms with van der Waals surface area (Å²) in [6, 6.07) is 6.56. The van der Waals surface area contributed by atoms with Crippen LogP contribution in [0.5, 0.6) is 0 Å². The van der Waals surface area contributed by atoms with E-state index < -0.39 is 21.2 Å². The zero-order chi connectivity index (χ0) is 22.2. The number of carbonyl (C=O) groups is 1. The van der Waals surface area contributed by atoms with Crippen molar-refractivity contribution in [3.8, 4) is 11.1 Å². The van der Waals surface area contributed by atoms with E-state index in [1.54, 1.807) is 32.3 Å². The average molecular weight is 438 g/mol. The number of nitrogens with zero attached hydrogens (tertiary/aromatic N) is 3. The second kappa shape index (κ2) is 8.07. The molecule has 3 aromatic rings. The Morgan fingerprint density at radius 1 is 0.968 bits per heavy atom. The molecule has 2 amide bonds. The van der Waals surface area contributed by atoms with Crippen molar-refractivity contribution in [2.24, 2.45) is 0 Å². The van der Waals surface area contributed by atoms with Gasteiger partial charge in [-0.25, -0.2) is 19.5 Å². The summed E-state index contributed by atoms with van der Waals surface area (Å²) in [4.78, 5) is 24.7. The van der Waals surface area contributed by atoms with Crippen LogP contribution in [-0.4, -0.2) is 29.4 Å². The van der Waals surface area contributed by atoms with Gasteiger partial charge in [0.25, 0.3) is 5.16 Å². The second-order valence-electron chi connectivity index (χ2n) is 7.66. The maximum absolute atomic E-state index is 12.8. The van der Waals surface area contributed by atoms with Crippen molar-refractivity contribution >= 4 is 21.7 Å². The quantitative estimate of drug-likeness (QED) is 0.604. The minimum atomic E-state index is -4.22. The summed E-state index contributed by atoms with van der Waals surface area (Å²) in [5, 5.41) is 2.36. The number of rotatable bonds is 4. The van der Waals surface area contributed by atoms with Crippen molar-refractivity contribution in [1.29, 1.82) is 0 Å². The summed E-state index contributed by atoms with van der Waals surface area (Å²) >= 11 is 0. The summed E-state index contributed by atoms with van der Waals surface area (Å²) in [5.41, 5.74) is 6.75. The number of hydrogen-bond donors (Lipinski definition) is 2. The molecule has 8 nitrogen and oxygen atoms in total. The molecule has 0 saturated carbocycles. The molecule has 2 heterocycles. The predicted molar refractivity (Wildman–Crippen MR) is 117 cm³/mol. The molecule has 9 heteroatoms. The Labute approximate surface area is 181 Å². The molecule has 0 fully saturated rings. The largest absolute Gasteiger partial charge is 0.333 e. The zero-order valence-electron chi connectivity index (χ0n) is 17.6. The molecule has 0 unspecified atom stereocenters. The number of aryl methyl sites for hydroxylation is 3. The van der Waals surface area contributed by atoms with Gasteiger partial charge in [0.05, 0.1) is 5.69 Å². The smallest absolute Gasteiger partial charge is 0.306 e. The Morgan fingerprint density at radius 3 is 2.29 bits per heavy atom. The number of pyridine rings is 1. The molecule has 0 atom stereocenters. The molecule has 2 N–H and O–H groups in total. The van der Waals surface area contributed by atoms with Gasteiger partial charge >= 0.3 is 16.1 Å². The van der Waals surface area contributed by atoms with Gasteiger partial charge in [0.1, 0.15) is 0 Å². The number of anilines is 1. The number of benzene rings is 1. The number of carbonyl (C=O) groups excluding carboxylic acids is 1. The molecule has 2 aromatic heterocycles. The first-order valence-electron chi connectivity index (χ1n) is 9.96. The Hall–Kier alpha value is -3.33. The van der Waals surface area contributed by atoms with Crippen LogP contribution in [0, 0.1) is 20.8 Å². The maximum Gasteiger partial charge on any atom is 0.333 e. The van der Waals surface area contributed by atoms with Crippen LogP contribution >= 0.6 is 0 Å². The number of sulfonamides is 1. The molecule has 0 spiro atoms. The van der Waals surface area contributed by atoms with Crippen molar-refractivity contribution < 1.29 is 13.2 Å². The summed E-state index contributed by atoms with van der Waals surface area (Å²) in [6.07, 6.45) is 6.11. The van der Waals surface area contributed by atoms with Gasteiger partial charge in [-0.05, 0) is 86.6 Å². The second-order valence-corrected chi connectivity index (χ2v) is 9.23. The Morgan fingerprint density at radius 2 is 1.61 bits per heavy atom. The highest BCUT2D eigenvalue weighted by Crippen LogP contribution is 2.39. The first kappa shape index (κ1) is 20.9. The van der Waals surface area contributed by atoms with Crippen LogP contribution in [0.2, 0.25) is 0 Å². The van der Waals surface area contributed by atoms with E-state index in [1.807, 2.05) is 22.9 Å². The van der Waals surface area contributed by atoms with E-state index in [0.717, 1.165) is 41.5 Å².